The van der Waals surface area contributed by atoms with E-state index >= 15 is 0 Å². The van der Waals surface area contributed by atoms with Crippen molar-refractivity contribution in [1.29, 1.82) is 0 Å². The number of thiazole rings is 1. The number of hydrogen-bond donors (Lipinski definition) is 2. The van der Waals surface area contributed by atoms with Crippen LogP contribution < -0.4 is 20.1 Å². The normalized spacial score (nSPS) is 15.6. The van der Waals surface area contributed by atoms with Crippen molar-refractivity contribution >= 4 is 52.6 Å². The van der Waals surface area contributed by atoms with Crippen LogP contribution in [0.5, 0.6) is 11.5 Å². The van der Waals surface area contributed by atoms with Gasteiger partial charge in [0.1, 0.15) is 23.8 Å². The van der Waals surface area contributed by atoms with E-state index in [9.17, 15) is 18.1 Å². The van der Waals surface area contributed by atoms with Gasteiger partial charge < -0.3 is 25.0 Å². The average Bonchev–Trinajstić information content (AvgIpc) is 3.52. The monoisotopic (exact) mass is 804 g/mol. The first-order valence-electron chi connectivity index (χ1n) is 18.3. The summed E-state index contributed by atoms with van der Waals surface area (Å²) < 4.78 is 70.0. The molecule has 1 unspecified atom stereocenters. The molecule has 3 heterocycles. The first-order valence-corrected chi connectivity index (χ1v) is 20.6. The van der Waals surface area contributed by atoms with E-state index in [1.54, 1.807) is 19.4 Å². The SMILES string of the molecule is COc1cc2c(Nc3ncc(CC(=O)Nc4ccc(F)cc4F)s3)ncnc2cc1OCCCN1CCCCC1CCOP(=O)(OC(C)(C)C)OC(C)(C)C. The maximum Gasteiger partial charge on any atom is 0.475 e. The molecule has 0 aliphatic carbocycles. The molecule has 0 bridgehead atoms. The molecular weight excluding hydrogens is 753 g/mol. The number of likely N-dealkylation sites (tertiary alicyclic amines) is 1. The van der Waals surface area contributed by atoms with Crippen molar-refractivity contribution in [1.82, 2.24) is 19.9 Å². The van der Waals surface area contributed by atoms with Crippen molar-refractivity contribution in [3.8, 4) is 11.5 Å². The molecular formula is C38H51F2N6O7PS. The summed E-state index contributed by atoms with van der Waals surface area (Å²) in [5, 5.41) is 6.82. The molecule has 0 spiro atoms. The first-order chi connectivity index (χ1) is 26.0. The number of hydrogen-bond acceptors (Lipinski definition) is 13. The summed E-state index contributed by atoms with van der Waals surface area (Å²) in [7, 11) is -2.20. The molecule has 2 aromatic heterocycles. The smallest absolute Gasteiger partial charge is 0.475 e. The number of phosphoric ester groups is 1. The zero-order chi connectivity index (χ0) is 39.8. The molecule has 13 nitrogen and oxygen atoms in total. The van der Waals surface area contributed by atoms with Crippen molar-refractivity contribution in [2.45, 2.75) is 97.3 Å². The highest BCUT2D eigenvalue weighted by Crippen LogP contribution is 2.55. The van der Waals surface area contributed by atoms with E-state index in [-0.39, 0.29) is 24.8 Å². The van der Waals surface area contributed by atoms with Gasteiger partial charge in [0.2, 0.25) is 5.91 Å². The fraction of sp³-hybridized carbons (Fsp3) is 0.526. The maximum absolute atomic E-state index is 14.0. The molecule has 2 aromatic carbocycles. The zero-order valence-corrected chi connectivity index (χ0v) is 34.2. The number of carbonyl (C=O) groups excluding carboxylic acids is 1. The van der Waals surface area contributed by atoms with Gasteiger partial charge in [-0.1, -0.05) is 6.42 Å². The van der Waals surface area contributed by atoms with Crippen LogP contribution in [0.4, 0.5) is 25.4 Å². The second kappa shape index (κ2) is 18.4. The van der Waals surface area contributed by atoms with E-state index in [0.29, 0.717) is 57.3 Å². The third-order valence-corrected chi connectivity index (χ3v) is 11.3. The van der Waals surface area contributed by atoms with Crippen LogP contribution >= 0.6 is 19.2 Å². The van der Waals surface area contributed by atoms with Crippen LogP contribution in [0.25, 0.3) is 10.9 Å². The highest BCUT2D eigenvalue weighted by molar-refractivity contribution is 7.48. The van der Waals surface area contributed by atoms with Crippen molar-refractivity contribution in [3.05, 3.63) is 59.4 Å². The van der Waals surface area contributed by atoms with Crippen LogP contribution in [-0.4, -0.2) is 76.4 Å². The minimum atomic E-state index is -3.77. The summed E-state index contributed by atoms with van der Waals surface area (Å²) >= 11 is 1.24. The molecule has 1 atom stereocenters. The molecule has 1 saturated heterocycles. The number of nitrogens with one attached hydrogen (secondary N) is 2. The minimum absolute atomic E-state index is 0.0502. The van der Waals surface area contributed by atoms with Crippen molar-refractivity contribution in [3.63, 3.8) is 0 Å². The number of piperidine rings is 1. The van der Waals surface area contributed by atoms with Gasteiger partial charge in [0.15, 0.2) is 16.6 Å². The van der Waals surface area contributed by atoms with Crippen LogP contribution in [0.1, 0.15) is 78.5 Å². The second-order valence-corrected chi connectivity index (χ2v) is 17.8. The van der Waals surface area contributed by atoms with E-state index in [1.807, 2.05) is 47.6 Å². The topological polar surface area (TPSA) is 146 Å². The molecule has 300 valence electrons. The molecule has 5 rings (SSSR count). The van der Waals surface area contributed by atoms with Crippen LogP contribution in [0, 0.1) is 11.6 Å². The number of amides is 1. The van der Waals surface area contributed by atoms with Crippen LogP contribution in [0.3, 0.4) is 0 Å². The standard InChI is InChI=1S/C38H51F2N6O7PS/c1-37(2,3)52-54(48,53-38(4,5)6)51-18-14-26-11-8-9-15-46(26)16-10-17-50-33-22-31-28(21-32(33)49-7)35(43-24-42-31)45-36-41-23-27(55-36)20-34(47)44-30-13-12-25(39)19-29(30)40/h12-13,19,21-24,26H,8-11,14-18,20H2,1-7H3,(H,44,47)(H,41,42,43,45). The van der Waals surface area contributed by atoms with E-state index in [2.05, 4.69) is 30.5 Å². The van der Waals surface area contributed by atoms with Gasteiger partial charge >= 0.3 is 7.82 Å². The number of anilines is 3. The Hall–Kier alpha value is -3.79. The predicted octanol–water partition coefficient (Wildman–Crippen LogP) is 9.07. The molecule has 1 fully saturated rings. The van der Waals surface area contributed by atoms with E-state index < -0.39 is 36.6 Å². The summed E-state index contributed by atoms with van der Waals surface area (Å²) in [6.07, 6.45) is 7.68. The summed E-state index contributed by atoms with van der Waals surface area (Å²) in [6.45, 7) is 13.5. The van der Waals surface area contributed by atoms with Gasteiger partial charge in [-0.3, -0.25) is 18.4 Å². The Kier molecular flexibility index (Phi) is 14.2. The van der Waals surface area contributed by atoms with Gasteiger partial charge in [0.25, 0.3) is 0 Å². The Balaban J connectivity index is 1.15. The molecule has 1 aliphatic rings. The van der Waals surface area contributed by atoms with Crippen LogP contribution in [0.15, 0.2) is 42.9 Å². The van der Waals surface area contributed by atoms with Crippen molar-refractivity contribution < 1.29 is 41.2 Å². The predicted molar refractivity (Wildman–Crippen MR) is 209 cm³/mol. The molecule has 1 amide bonds. The molecule has 0 saturated carbocycles. The highest BCUT2D eigenvalue weighted by atomic mass is 32.1. The number of rotatable bonds is 17. The Morgan fingerprint density at radius 2 is 1.76 bits per heavy atom. The quantitative estimate of drug-likeness (QED) is 0.0776. The highest BCUT2D eigenvalue weighted by Gasteiger charge is 2.37. The minimum Gasteiger partial charge on any atom is -0.493 e. The third kappa shape index (κ3) is 12.9. The van der Waals surface area contributed by atoms with E-state index in [4.69, 9.17) is 23.0 Å². The van der Waals surface area contributed by atoms with E-state index in [1.165, 1.54) is 23.7 Å². The largest absolute Gasteiger partial charge is 0.493 e. The van der Waals surface area contributed by atoms with E-state index in [0.717, 1.165) is 44.8 Å². The fourth-order valence-corrected chi connectivity index (χ4v) is 8.73. The number of aromatic nitrogens is 3. The number of ether oxygens (including phenoxy) is 2. The Morgan fingerprint density at radius 3 is 2.47 bits per heavy atom. The third-order valence-electron chi connectivity index (χ3n) is 8.31. The number of halogens is 2. The number of nitrogens with zero attached hydrogens (tertiary/aromatic N) is 4. The maximum atomic E-state index is 14.0. The lowest BCUT2D eigenvalue weighted by atomic mass is 9.99. The van der Waals surface area contributed by atoms with Gasteiger partial charge in [-0.15, -0.1) is 11.3 Å². The first kappa shape index (κ1) is 42.4. The summed E-state index contributed by atoms with van der Waals surface area (Å²) in [5.41, 5.74) is -0.848. The number of fused-ring (bicyclic) bond motifs is 1. The molecule has 0 radical (unpaired) electrons. The van der Waals surface area contributed by atoms with Gasteiger partial charge in [0, 0.05) is 41.2 Å². The number of phosphoric acid groups is 1. The lowest BCUT2D eigenvalue weighted by Gasteiger charge is -2.36. The summed E-state index contributed by atoms with van der Waals surface area (Å²) in [5.74, 6) is -0.490. The number of benzene rings is 2. The van der Waals surface area contributed by atoms with Crippen LogP contribution in [-0.2, 0) is 29.4 Å². The zero-order valence-electron chi connectivity index (χ0n) is 32.4. The Labute approximate surface area is 325 Å². The molecule has 1 aliphatic heterocycles. The second-order valence-electron chi connectivity index (χ2n) is 15.2. The summed E-state index contributed by atoms with van der Waals surface area (Å²) in [4.78, 5) is 28.8. The molecule has 4 aromatic rings. The Morgan fingerprint density at radius 1 is 1.00 bits per heavy atom. The van der Waals surface area contributed by atoms with Crippen molar-refractivity contribution in [2.24, 2.45) is 0 Å². The number of carbonyl (C=O) groups is 1. The number of methoxy groups -OCH3 is 1. The lowest BCUT2D eigenvalue weighted by Crippen LogP contribution is -2.41. The fourth-order valence-electron chi connectivity index (χ4n) is 6.10. The van der Waals surface area contributed by atoms with Crippen molar-refractivity contribution in [2.75, 3.05) is 44.0 Å². The molecule has 2 N–H and O–H groups in total. The van der Waals surface area contributed by atoms with Gasteiger partial charge in [-0.25, -0.2) is 28.3 Å². The summed E-state index contributed by atoms with van der Waals surface area (Å²) in [6, 6.07) is 6.86. The molecule has 17 heteroatoms. The Bertz CT molecular complexity index is 1950. The van der Waals surface area contributed by atoms with Crippen LogP contribution in [0.2, 0.25) is 0 Å². The molecule has 55 heavy (non-hydrogen) atoms. The lowest BCUT2D eigenvalue weighted by molar-refractivity contribution is -0.115. The average molecular weight is 805 g/mol. The van der Waals surface area contributed by atoms with Gasteiger partial charge in [-0.2, -0.15) is 0 Å². The van der Waals surface area contributed by atoms with Gasteiger partial charge in [0.05, 0.1) is 49.2 Å². The van der Waals surface area contributed by atoms with Gasteiger partial charge in [-0.05, 0) is 92.0 Å².